The summed E-state index contributed by atoms with van der Waals surface area (Å²) in [7, 11) is 1.54. The summed E-state index contributed by atoms with van der Waals surface area (Å²) in [4.78, 5) is 15.8. The molecule has 0 aliphatic rings. The normalized spacial score (nSPS) is 10.8. The Labute approximate surface area is 140 Å². The standard InChI is InChI=1S/C19H20N2O3/c1-11-12(2)20-17-6-4-13(9-16(11)17)19(23)21-15-5-7-18(24-3)14(8-15)10-22/h4-9,20,22H,10H2,1-3H3,(H,21,23). The molecule has 5 heteroatoms. The van der Waals surface area contributed by atoms with Crippen LogP contribution in [0.4, 0.5) is 5.69 Å². The van der Waals surface area contributed by atoms with Crippen molar-refractivity contribution in [1.29, 1.82) is 0 Å². The highest BCUT2D eigenvalue weighted by molar-refractivity contribution is 6.06. The van der Waals surface area contributed by atoms with Crippen LogP contribution in [0.1, 0.15) is 27.2 Å². The minimum Gasteiger partial charge on any atom is -0.496 e. The molecule has 1 amide bonds. The van der Waals surface area contributed by atoms with Crippen molar-refractivity contribution in [2.45, 2.75) is 20.5 Å². The molecule has 1 heterocycles. The molecular weight excluding hydrogens is 304 g/mol. The van der Waals surface area contributed by atoms with Gasteiger partial charge in [-0.3, -0.25) is 4.79 Å². The van der Waals surface area contributed by atoms with Gasteiger partial charge in [0.15, 0.2) is 0 Å². The van der Waals surface area contributed by atoms with Crippen LogP contribution >= 0.6 is 0 Å². The van der Waals surface area contributed by atoms with Crippen molar-refractivity contribution in [3.63, 3.8) is 0 Å². The van der Waals surface area contributed by atoms with E-state index >= 15 is 0 Å². The second kappa shape index (κ2) is 6.37. The van der Waals surface area contributed by atoms with Gasteiger partial charge in [-0.05, 0) is 55.8 Å². The molecule has 0 atom stereocenters. The maximum Gasteiger partial charge on any atom is 0.255 e. The average Bonchev–Trinajstić information content (AvgIpc) is 2.88. The molecule has 5 nitrogen and oxygen atoms in total. The maximum atomic E-state index is 12.5. The van der Waals surface area contributed by atoms with Crippen LogP contribution < -0.4 is 10.1 Å². The van der Waals surface area contributed by atoms with Crippen molar-refractivity contribution >= 4 is 22.5 Å². The SMILES string of the molecule is COc1ccc(NC(=O)c2ccc3[nH]c(C)c(C)c3c2)cc1CO. The minimum absolute atomic E-state index is 0.152. The second-order valence-corrected chi connectivity index (χ2v) is 5.77. The predicted molar refractivity (Wildman–Crippen MR) is 94.6 cm³/mol. The molecule has 0 fully saturated rings. The minimum atomic E-state index is -0.191. The van der Waals surface area contributed by atoms with Gasteiger partial charge in [-0.25, -0.2) is 0 Å². The van der Waals surface area contributed by atoms with Gasteiger partial charge in [0, 0.05) is 33.4 Å². The van der Waals surface area contributed by atoms with Gasteiger partial charge >= 0.3 is 0 Å². The Bertz CT molecular complexity index is 912. The average molecular weight is 324 g/mol. The summed E-state index contributed by atoms with van der Waals surface area (Å²) in [6.45, 7) is 3.90. The van der Waals surface area contributed by atoms with Crippen LogP contribution in [0, 0.1) is 13.8 Å². The molecule has 3 aromatic rings. The van der Waals surface area contributed by atoms with Crippen molar-refractivity contribution < 1.29 is 14.6 Å². The number of nitrogens with one attached hydrogen (secondary N) is 2. The third-order valence-electron chi connectivity index (χ3n) is 4.28. The van der Waals surface area contributed by atoms with Crippen LogP contribution in [0.3, 0.4) is 0 Å². The van der Waals surface area contributed by atoms with Gasteiger partial charge in [0.2, 0.25) is 0 Å². The third-order valence-corrected chi connectivity index (χ3v) is 4.28. The van der Waals surface area contributed by atoms with Gasteiger partial charge in [-0.15, -0.1) is 0 Å². The molecule has 124 valence electrons. The fraction of sp³-hybridized carbons (Fsp3) is 0.211. The number of ether oxygens (including phenoxy) is 1. The zero-order valence-electron chi connectivity index (χ0n) is 13.9. The van der Waals surface area contributed by atoms with Crippen LogP contribution in [0.25, 0.3) is 10.9 Å². The number of benzene rings is 2. The highest BCUT2D eigenvalue weighted by Gasteiger charge is 2.11. The molecule has 0 saturated carbocycles. The number of carbonyl (C=O) groups is 1. The number of rotatable bonds is 4. The lowest BCUT2D eigenvalue weighted by Crippen LogP contribution is -2.12. The zero-order chi connectivity index (χ0) is 17.3. The number of hydrogen-bond donors (Lipinski definition) is 3. The van der Waals surface area contributed by atoms with E-state index in [4.69, 9.17) is 4.74 Å². The molecular formula is C19H20N2O3. The van der Waals surface area contributed by atoms with Crippen LogP contribution in [0.2, 0.25) is 0 Å². The molecule has 0 spiro atoms. The number of aryl methyl sites for hydroxylation is 2. The maximum absolute atomic E-state index is 12.5. The lowest BCUT2D eigenvalue weighted by Gasteiger charge is -2.10. The van der Waals surface area contributed by atoms with Crippen LogP contribution in [0.5, 0.6) is 5.75 Å². The summed E-state index contributed by atoms with van der Waals surface area (Å²) >= 11 is 0. The van der Waals surface area contributed by atoms with E-state index < -0.39 is 0 Å². The Hall–Kier alpha value is -2.79. The van der Waals surface area contributed by atoms with Crippen LogP contribution in [0.15, 0.2) is 36.4 Å². The lowest BCUT2D eigenvalue weighted by molar-refractivity contribution is 0.102. The number of methoxy groups -OCH3 is 1. The molecule has 0 radical (unpaired) electrons. The van der Waals surface area contributed by atoms with Crippen LogP contribution in [-0.4, -0.2) is 23.1 Å². The molecule has 3 N–H and O–H groups in total. The number of aliphatic hydroxyl groups excluding tert-OH is 1. The Morgan fingerprint density at radius 2 is 2.00 bits per heavy atom. The van der Waals surface area contributed by atoms with Crippen molar-refractivity contribution in [2.24, 2.45) is 0 Å². The van der Waals surface area contributed by atoms with E-state index in [1.807, 2.05) is 26.0 Å². The molecule has 0 unspecified atom stereocenters. The Morgan fingerprint density at radius 3 is 2.71 bits per heavy atom. The number of amides is 1. The molecule has 24 heavy (non-hydrogen) atoms. The Balaban J connectivity index is 1.88. The molecule has 3 rings (SSSR count). The number of hydrogen-bond acceptors (Lipinski definition) is 3. The first kappa shape index (κ1) is 16.1. The van der Waals surface area contributed by atoms with E-state index in [9.17, 15) is 9.90 Å². The summed E-state index contributed by atoms with van der Waals surface area (Å²) in [5.41, 5.74) is 5.10. The molecule has 1 aromatic heterocycles. The number of H-pyrrole nitrogens is 1. The fourth-order valence-electron chi connectivity index (χ4n) is 2.79. The van der Waals surface area contributed by atoms with Gasteiger partial charge in [0.25, 0.3) is 5.91 Å². The van der Waals surface area contributed by atoms with Crippen LogP contribution in [-0.2, 0) is 6.61 Å². The predicted octanol–water partition coefficient (Wildman–Crippen LogP) is 3.54. The Kier molecular flexibility index (Phi) is 4.27. The topological polar surface area (TPSA) is 74.3 Å². The number of anilines is 1. The highest BCUT2D eigenvalue weighted by Crippen LogP contribution is 2.25. The number of carbonyl (C=O) groups excluding carboxylic acids is 1. The fourth-order valence-corrected chi connectivity index (χ4v) is 2.79. The van der Waals surface area contributed by atoms with E-state index in [2.05, 4.69) is 10.3 Å². The number of fused-ring (bicyclic) bond motifs is 1. The van der Waals surface area contributed by atoms with Gasteiger partial charge in [-0.1, -0.05) is 0 Å². The number of aromatic nitrogens is 1. The summed E-state index contributed by atoms with van der Waals surface area (Å²) < 4.78 is 5.17. The first-order chi connectivity index (χ1) is 11.5. The van der Waals surface area contributed by atoms with E-state index in [1.165, 1.54) is 0 Å². The van der Waals surface area contributed by atoms with Gasteiger partial charge in [-0.2, -0.15) is 0 Å². The molecule has 0 saturated heterocycles. The van der Waals surface area contributed by atoms with E-state index in [-0.39, 0.29) is 12.5 Å². The first-order valence-corrected chi connectivity index (χ1v) is 7.71. The van der Waals surface area contributed by atoms with Crippen molar-refractivity contribution in [3.05, 3.63) is 58.8 Å². The first-order valence-electron chi connectivity index (χ1n) is 7.71. The lowest BCUT2D eigenvalue weighted by atomic mass is 10.1. The number of aromatic amines is 1. The molecule has 0 bridgehead atoms. The third kappa shape index (κ3) is 2.86. The summed E-state index contributed by atoms with van der Waals surface area (Å²) in [5, 5.41) is 13.3. The Morgan fingerprint density at radius 1 is 1.21 bits per heavy atom. The van der Waals surface area contributed by atoms with Gasteiger partial charge < -0.3 is 20.1 Å². The largest absolute Gasteiger partial charge is 0.496 e. The molecule has 0 aliphatic heterocycles. The number of aliphatic hydroxyl groups is 1. The van der Waals surface area contributed by atoms with Crippen molar-refractivity contribution in [3.8, 4) is 5.75 Å². The quantitative estimate of drug-likeness (QED) is 0.687. The highest BCUT2D eigenvalue weighted by atomic mass is 16.5. The summed E-state index contributed by atoms with van der Waals surface area (Å²) in [6.07, 6.45) is 0. The summed E-state index contributed by atoms with van der Waals surface area (Å²) in [6, 6.07) is 10.8. The zero-order valence-corrected chi connectivity index (χ0v) is 13.9. The van der Waals surface area contributed by atoms with Crippen molar-refractivity contribution in [1.82, 2.24) is 4.98 Å². The second-order valence-electron chi connectivity index (χ2n) is 5.77. The molecule has 2 aromatic carbocycles. The molecule has 0 aliphatic carbocycles. The smallest absolute Gasteiger partial charge is 0.255 e. The van der Waals surface area contributed by atoms with Crippen molar-refractivity contribution in [2.75, 3.05) is 12.4 Å². The van der Waals surface area contributed by atoms with E-state index in [1.54, 1.807) is 31.4 Å². The monoisotopic (exact) mass is 324 g/mol. The van der Waals surface area contributed by atoms with E-state index in [0.717, 1.165) is 22.2 Å². The van der Waals surface area contributed by atoms with E-state index in [0.29, 0.717) is 22.6 Å². The van der Waals surface area contributed by atoms with Gasteiger partial charge in [0.05, 0.1) is 13.7 Å². The van der Waals surface area contributed by atoms with Gasteiger partial charge in [0.1, 0.15) is 5.75 Å². The summed E-state index contributed by atoms with van der Waals surface area (Å²) in [5.74, 6) is 0.402.